The monoisotopic (exact) mass is 462 g/mol. The molecule has 1 aromatic heterocycles. The summed E-state index contributed by atoms with van der Waals surface area (Å²) in [5, 5.41) is 13.2. The number of thioether (sulfide) groups is 1. The van der Waals surface area contributed by atoms with E-state index in [1.54, 1.807) is 11.8 Å². The van der Waals surface area contributed by atoms with Crippen LogP contribution in [0.4, 0.5) is 5.95 Å². The van der Waals surface area contributed by atoms with Gasteiger partial charge >= 0.3 is 0 Å². The van der Waals surface area contributed by atoms with Crippen molar-refractivity contribution >= 4 is 23.6 Å². The number of carbonyl (C=O) groups is 1. The summed E-state index contributed by atoms with van der Waals surface area (Å²) in [5.41, 5.74) is 0.109. The summed E-state index contributed by atoms with van der Waals surface area (Å²) >= 11 is 1.55. The maximum atomic E-state index is 12.8. The molecule has 0 atom stereocenters. The number of piperidine rings is 1. The van der Waals surface area contributed by atoms with Crippen LogP contribution in [0.3, 0.4) is 0 Å². The van der Waals surface area contributed by atoms with Crippen LogP contribution in [0.5, 0.6) is 0 Å². The van der Waals surface area contributed by atoms with Gasteiger partial charge in [-0.05, 0) is 44.9 Å². The smallest absolute Gasteiger partial charge is 0.230 e. The Kier molecular flexibility index (Phi) is 7.23. The van der Waals surface area contributed by atoms with E-state index in [9.17, 15) is 4.79 Å². The Bertz CT molecular complexity index is 765. The van der Waals surface area contributed by atoms with Gasteiger partial charge in [-0.15, -0.1) is 10.2 Å². The number of morpholine rings is 1. The number of hydrogen-bond acceptors (Lipinski definition) is 7. The van der Waals surface area contributed by atoms with Gasteiger partial charge in [0.1, 0.15) is 0 Å². The molecule has 8 nitrogen and oxygen atoms in total. The fourth-order valence-corrected chi connectivity index (χ4v) is 6.46. The van der Waals surface area contributed by atoms with Gasteiger partial charge < -0.3 is 15.0 Å². The molecule has 2 aliphatic carbocycles. The van der Waals surface area contributed by atoms with Crippen molar-refractivity contribution in [3.8, 4) is 0 Å². The van der Waals surface area contributed by atoms with E-state index in [-0.39, 0.29) is 11.4 Å². The summed E-state index contributed by atoms with van der Waals surface area (Å²) in [6.07, 6.45) is 12.3. The highest BCUT2D eigenvalue weighted by molar-refractivity contribution is 7.99. The largest absolute Gasteiger partial charge is 0.379 e. The van der Waals surface area contributed by atoms with Crippen molar-refractivity contribution in [1.29, 1.82) is 0 Å². The first-order chi connectivity index (χ1) is 15.8. The number of nitrogens with one attached hydrogen (secondary N) is 1. The number of anilines is 1. The average molecular weight is 463 g/mol. The summed E-state index contributed by atoms with van der Waals surface area (Å²) in [7, 11) is 0. The molecule has 2 saturated heterocycles. The zero-order chi connectivity index (χ0) is 21.8. The molecule has 0 aromatic carbocycles. The van der Waals surface area contributed by atoms with E-state index < -0.39 is 0 Å². The zero-order valence-electron chi connectivity index (χ0n) is 19.3. The lowest BCUT2D eigenvalue weighted by Crippen LogP contribution is -2.59. The van der Waals surface area contributed by atoms with E-state index in [2.05, 4.69) is 29.9 Å². The maximum Gasteiger partial charge on any atom is 0.230 e. The van der Waals surface area contributed by atoms with Crippen LogP contribution in [-0.2, 0) is 9.53 Å². The first-order valence-electron chi connectivity index (χ1n) is 12.7. The Morgan fingerprint density at radius 2 is 1.72 bits per heavy atom. The summed E-state index contributed by atoms with van der Waals surface area (Å²) in [6.45, 7) is 6.46. The number of rotatable bonds is 8. The standard InChI is InChI=1S/C23H38N6O2S/c30-20(24-18-23(9-3-1-4-10-23)28-13-15-31-16-14-28)17-32-22-26-25-21(29(22)19-7-8-19)27-11-5-2-6-12-27/h19H,1-18H2,(H,24,30). The average Bonchev–Trinajstić information content (AvgIpc) is 3.61. The SMILES string of the molecule is O=C(CSc1nnc(N2CCCCC2)n1C1CC1)NCC1(N2CCOCC2)CCCCC1. The fraction of sp³-hybridized carbons (Fsp3) is 0.870. The third-order valence-corrected chi connectivity index (χ3v) is 8.55. The molecule has 2 saturated carbocycles. The topological polar surface area (TPSA) is 75.5 Å². The van der Waals surface area contributed by atoms with E-state index in [1.165, 1.54) is 64.2 Å². The van der Waals surface area contributed by atoms with Crippen LogP contribution in [0.1, 0.15) is 70.3 Å². The second-order valence-corrected chi connectivity index (χ2v) is 10.8. The minimum absolute atomic E-state index is 0.109. The molecule has 32 heavy (non-hydrogen) atoms. The van der Waals surface area contributed by atoms with Gasteiger partial charge in [0.05, 0.1) is 19.0 Å². The molecule has 1 aromatic rings. The molecule has 0 spiro atoms. The summed E-state index contributed by atoms with van der Waals surface area (Å²) in [6, 6.07) is 0.513. The first kappa shape index (κ1) is 22.5. The van der Waals surface area contributed by atoms with Crippen molar-refractivity contribution in [2.24, 2.45) is 0 Å². The van der Waals surface area contributed by atoms with Crippen LogP contribution in [0, 0.1) is 0 Å². The van der Waals surface area contributed by atoms with Crippen molar-refractivity contribution in [2.45, 2.75) is 80.9 Å². The molecule has 1 amide bonds. The van der Waals surface area contributed by atoms with Crippen LogP contribution in [-0.4, -0.2) is 82.8 Å². The normalized spacial score (nSPS) is 24.4. The number of carbonyl (C=O) groups excluding carboxylic acids is 1. The lowest BCUT2D eigenvalue weighted by molar-refractivity contribution is -0.119. The Morgan fingerprint density at radius 1 is 1.00 bits per heavy atom. The van der Waals surface area contributed by atoms with Gasteiger partial charge in [-0.1, -0.05) is 31.0 Å². The predicted molar refractivity (Wildman–Crippen MR) is 126 cm³/mol. The van der Waals surface area contributed by atoms with Gasteiger partial charge in [-0.25, -0.2) is 0 Å². The van der Waals surface area contributed by atoms with E-state index in [0.29, 0.717) is 11.8 Å². The van der Waals surface area contributed by atoms with Crippen LogP contribution in [0.2, 0.25) is 0 Å². The van der Waals surface area contributed by atoms with Gasteiger partial charge in [0, 0.05) is 44.3 Å². The fourth-order valence-electron chi connectivity index (χ4n) is 5.63. The molecule has 4 aliphatic rings. The Labute approximate surface area is 195 Å². The lowest BCUT2D eigenvalue weighted by Gasteiger charge is -2.48. The van der Waals surface area contributed by atoms with E-state index in [4.69, 9.17) is 4.74 Å². The van der Waals surface area contributed by atoms with Crippen LogP contribution in [0.15, 0.2) is 5.16 Å². The minimum atomic E-state index is 0.109. The van der Waals surface area contributed by atoms with Crippen LogP contribution < -0.4 is 10.2 Å². The third kappa shape index (κ3) is 5.09. The quantitative estimate of drug-likeness (QED) is 0.596. The van der Waals surface area contributed by atoms with Crippen molar-refractivity contribution in [1.82, 2.24) is 25.0 Å². The van der Waals surface area contributed by atoms with Gasteiger partial charge in [-0.3, -0.25) is 14.3 Å². The Morgan fingerprint density at radius 3 is 2.44 bits per heavy atom. The van der Waals surface area contributed by atoms with Gasteiger partial charge in [0.25, 0.3) is 0 Å². The van der Waals surface area contributed by atoms with E-state index in [1.807, 2.05) is 0 Å². The van der Waals surface area contributed by atoms with Gasteiger partial charge in [0.15, 0.2) is 5.16 Å². The minimum Gasteiger partial charge on any atom is -0.379 e. The molecule has 0 bridgehead atoms. The Balaban J connectivity index is 1.18. The maximum absolute atomic E-state index is 12.8. The molecule has 0 unspecified atom stereocenters. The highest BCUT2D eigenvalue weighted by atomic mass is 32.2. The predicted octanol–water partition coefficient (Wildman–Crippen LogP) is 2.85. The van der Waals surface area contributed by atoms with Crippen molar-refractivity contribution in [2.75, 3.05) is 56.6 Å². The van der Waals surface area contributed by atoms with Crippen molar-refractivity contribution in [3.63, 3.8) is 0 Å². The second kappa shape index (κ2) is 10.3. The summed E-state index contributed by atoms with van der Waals surface area (Å²) in [5.74, 6) is 1.53. The second-order valence-electron chi connectivity index (χ2n) is 9.88. The van der Waals surface area contributed by atoms with Crippen molar-refractivity contribution in [3.05, 3.63) is 0 Å². The molecule has 178 valence electrons. The molecule has 3 heterocycles. The molecular formula is C23H38N6O2S. The number of nitrogens with zero attached hydrogens (tertiary/aromatic N) is 5. The van der Waals surface area contributed by atoms with Gasteiger partial charge in [-0.2, -0.15) is 0 Å². The summed E-state index contributed by atoms with van der Waals surface area (Å²) in [4.78, 5) is 17.8. The number of ether oxygens (including phenoxy) is 1. The summed E-state index contributed by atoms with van der Waals surface area (Å²) < 4.78 is 7.88. The molecule has 1 N–H and O–H groups in total. The number of hydrogen-bond donors (Lipinski definition) is 1. The highest BCUT2D eigenvalue weighted by Gasteiger charge is 2.39. The molecular weight excluding hydrogens is 424 g/mol. The lowest BCUT2D eigenvalue weighted by atomic mass is 9.79. The highest BCUT2D eigenvalue weighted by Crippen LogP contribution is 2.41. The van der Waals surface area contributed by atoms with E-state index in [0.717, 1.165) is 57.0 Å². The van der Waals surface area contributed by atoms with Crippen LogP contribution >= 0.6 is 11.8 Å². The zero-order valence-corrected chi connectivity index (χ0v) is 20.1. The Hall–Kier alpha value is -1.32. The molecule has 4 fully saturated rings. The number of amides is 1. The van der Waals surface area contributed by atoms with Gasteiger partial charge in [0.2, 0.25) is 11.9 Å². The first-order valence-corrected chi connectivity index (χ1v) is 13.7. The molecule has 5 rings (SSSR count). The van der Waals surface area contributed by atoms with E-state index >= 15 is 0 Å². The number of aromatic nitrogens is 3. The molecule has 0 radical (unpaired) electrons. The van der Waals surface area contributed by atoms with Crippen molar-refractivity contribution < 1.29 is 9.53 Å². The molecule has 2 aliphatic heterocycles. The van der Waals surface area contributed by atoms with Crippen LogP contribution in [0.25, 0.3) is 0 Å². The molecule has 9 heteroatoms. The third-order valence-electron chi connectivity index (χ3n) is 7.61.